The Morgan fingerprint density at radius 2 is 2.10 bits per heavy atom. The summed E-state index contributed by atoms with van der Waals surface area (Å²) >= 11 is 11.6. The highest BCUT2D eigenvalue weighted by Gasteiger charge is 2.14. The van der Waals surface area contributed by atoms with Gasteiger partial charge in [-0.25, -0.2) is 17.7 Å². The van der Waals surface area contributed by atoms with E-state index in [0.717, 1.165) is 6.26 Å². The molecule has 0 aliphatic rings. The Hall–Kier alpha value is -0.890. The zero-order valence-corrected chi connectivity index (χ0v) is 14.1. The molecule has 0 aliphatic heterocycles. The van der Waals surface area contributed by atoms with Gasteiger partial charge in [0.1, 0.15) is 5.15 Å². The average Bonchev–Trinajstić information content (AvgIpc) is 2.39. The lowest BCUT2D eigenvalue weighted by atomic mass is 10.2. The van der Waals surface area contributed by atoms with Gasteiger partial charge in [0.05, 0.1) is 16.8 Å². The highest BCUT2D eigenvalue weighted by Crippen LogP contribution is 2.17. The fraction of sp³-hybridized carbons (Fsp3) is 0.500. The number of nitrogens with zero attached hydrogens (tertiary/aromatic N) is 2. The van der Waals surface area contributed by atoms with Crippen molar-refractivity contribution in [1.29, 1.82) is 0 Å². The number of halogens is 2. The number of hydrogen-bond donors (Lipinski definition) is 1. The van der Waals surface area contributed by atoms with E-state index in [1.807, 2.05) is 0 Å². The first kappa shape index (κ1) is 18.2. The van der Waals surface area contributed by atoms with E-state index in [1.54, 1.807) is 6.92 Å². The normalized spacial score (nSPS) is 11.7. The van der Waals surface area contributed by atoms with Crippen LogP contribution >= 0.6 is 23.2 Å². The molecule has 0 atom stereocenters. The number of sulfonamides is 1. The van der Waals surface area contributed by atoms with Crippen molar-refractivity contribution in [1.82, 2.24) is 14.6 Å². The van der Waals surface area contributed by atoms with Gasteiger partial charge in [0.25, 0.3) is 5.91 Å². The smallest absolute Gasteiger partial charge is 0.252 e. The van der Waals surface area contributed by atoms with E-state index in [1.165, 1.54) is 16.6 Å². The summed E-state index contributed by atoms with van der Waals surface area (Å²) in [5.41, 5.74) is 0.243. The molecular weight excluding hydrogens is 337 g/mol. The van der Waals surface area contributed by atoms with Crippen LogP contribution in [-0.2, 0) is 10.0 Å². The first-order valence-corrected chi connectivity index (χ1v) is 8.90. The van der Waals surface area contributed by atoms with Gasteiger partial charge in [-0.15, -0.1) is 0 Å². The Morgan fingerprint density at radius 1 is 1.43 bits per heavy atom. The Balaban J connectivity index is 2.49. The molecule has 0 unspecified atom stereocenters. The molecule has 0 fully saturated rings. The SMILES string of the molecule is CCN(CCCNC(=O)c1cc(Cl)ncc1Cl)S(C)(=O)=O. The molecule has 0 radical (unpaired) electrons. The number of carbonyl (C=O) groups excluding carboxylic acids is 1. The molecule has 9 heteroatoms. The Morgan fingerprint density at radius 3 is 2.67 bits per heavy atom. The lowest BCUT2D eigenvalue weighted by Gasteiger charge is -2.17. The van der Waals surface area contributed by atoms with Gasteiger partial charge >= 0.3 is 0 Å². The first-order chi connectivity index (χ1) is 9.75. The second-order valence-electron chi connectivity index (χ2n) is 4.35. The number of aromatic nitrogens is 1. The molecule has 1 amide bonds. The largest absolute Gasteiger partial charge is 0.352 e. The van der Waals surface area contributed by atoms with Crippen LogP contribution in [0.3, 0.4) is 0 Å². The maximum Gasteiger partial charge on any atom is 0.252 e. The number of carbonyl (C=O) groups is 1. The second kappa shape index (κ2) is 7.93. The van der Waals surface area contributed by atoms with Crippen LogP contribution in [0.15, 0.2) is 12.3 Å². The monoisotopic (exact) mass is 353 g/mol. The average molecular weight is 354 g/mol. The van der Waals surface area contributed by atoms with E-state index in [-0.39, 0.29) is 21.6 Å². The highest BCUT2D eigenvalue weighted by atomic mass is 35.5. The van der Waals surface area contributed by atoms with E-state index < -0.39 is 10.0 Å². The number of pyridine rings is 1. The molecule has 0 aliphatic carbocycles. The minimum absolute atomic E-state index is 0.179. The maximum absolute atomic E-state index is 11.9. The highest BCUT2D eigenvalue weighted by molar-refractivity contribution is 7.88. The molecule has 1 N–H and O–H groups in total. The van der Waals surface area contributed by atoms with Crippen LogP contribution in [0, 0.1) is 0 Å². The number of rotatable bonds is 7. The summed E-state index contributed by atoms with van der Waals surface area (Å²) in [6, 6.07) is 1.38. The van der Waals surface area contributed by atoms with Crippen molar-refractivity contribution in [2.45, 2.75) is 13.3 Å². The van der Waals surface area contributed by atoms with E-state index in [0.29, 0.717) is 26.1 Å². The van der Waals surface area contributed by atoms with Crippen LogP contribution in [0.25, 0.3) is 0 Å². The van der Waals surface area contributed by atoms with E-state index >= 15 is 0 Å². The van der Waals surface area contributed by atoms with Gasteiger partial charge in [0, 0.05) is 25.8 Å². The summed E-state index contributed by atoms with van der Waals surface area (Å²) in [6.07, 6.45) is 2.97. The van der Waals surface area contributed by atoms with Gasteiger partial charge in [-0.3, -0.25) is 4.79 Å². The molecule has 1 aromatic heterocycles. The maximum atomic E-state index is 11.9. The minimum atomic E-state index is -3.21. The van der Waals surface area contributed by atoms with Gasteiger partial charge in [-0.2, -0.15) is 0 Å². The van der Waals surface area contributed by atoms with Crippen molar-refractivity contribution in [3.8, 4) is 0 Å². The predicted octanol–water partition coefficient (Wildman–Crippen LogP) is 1.79. The van der Waals surface area contributed by atoms with E-state index in [9.17, 15) is 13.2 Å². The lowest BCUT2D eigenvalue weighted by Crippen LogP contribution is -2.33. The van der Waals surface area contributed by atoms with E-state index in [2.05, 4.69) is 10.3 Å². The Bertz CT molecular complexity index is 608. The zero-order chi connectivity index (χ0) is 16.0. The summed E-state index contributed by atoms with van der Waals surface area (Å²) in [6.45, 7) is 2.85. The zero-order valence-electron chi connectivity index (χ0n) is 11.8. The standard InChI is InChI=1S/C12H17Cl2N3O3S/c1-3-17(21(2,19)20)6-4-5-15-12(18)9-7-11(14)16-8-10(9)13/h7-8H,3-6H2,1-2H3,(H,15,18). The predicted molar refractivity (Wildman–Crippen MR) is 83.3 cm³/mol. The number of nitrogens with one attached hydrogen (secondary N) is 1. The van der Waals surface area contributed by atoms with Crippen LogP contribution in [0.5, 0.6) is 0 Å². The van der Waals surface area contributed by atoms with Crippen LogP contribution < -0.4 is 5.32 Å². The van der Waals surface area contributed by atoms with Crippen LogP contribution in [0.2, 0.25) is 10.2 Å². The van der Waals surface area contributed by atoms with Crippen molar-refractivity contribution < 1.29 is 13.2 Å². The second-order valence-corrected chi connectivity index (χ2v) is 7.13. The minimum Gasteiger partial charge on any atom is -0.352 e. The molecule has 0 spiro atoms. The van der Waals surface area contributed by atoms with Crippen molar-refractivity contribution in [3.63, 3.8) is 0 Å². The molecule has 0 saturated heterocycles. The number of amides is 1. The van der Waals surface area contributed by atoms with Gasteiger partial charge in [-0.1, -0.05) is 30.1 Å². The van der Waals surface area contributed by atoms with Gasteiger partial charge in [0.2, 0.25) is 10.0 Å². The molecule has 0 aromatic carbocycles. The van der Waals surface area contributed by atoms with Gasteiger partial charge < -0.3 is 5.32 Å². The van der Waals surface area contributed by atoms with Gasteiger partial charge in [-0.05, 0) is 12.5 Å². The lowest BCUT2D eigenvalue weighted by molar-refractivity contribution is 0.0953. The summed E-state index contributed by atoms with van der Waals surface area (Å²) < 4.78 is 24.1. The molecule has 0 bridgehead atoms. The van der Waals surface area contributed by atoms with Gasteiger partial charge in [0.15, 0.2) is 0 Å². The Labute approximate surface area is 134 Å². The molecule has 118 valence electrons. The van der Waals surface area contributed by atoms with Crippen molar-refractivity contribution in [2.75, 3.05) is 25.9 Å². The molecule has 6 nitrogen and oxygen atoms in total. The molecular formula is C12H17Cl2N3O3S. The quantitative estimate of drug-likeness (QED) is 0.598. The van der Waals surface area contributed by atoms with E-state index in [4.69, 9.17) is 23.2 Å². The molecule has 0 saturated carbocycles. The van der Waals surface area contributed by atoms with Crippen molar-refractivity contribution >= 4 is 39.1 Å². The molecule has 1 rings (SSSR count). The summed E-state index contributed by atoms with van der Waals surface area (Å²) in [5.74, 6) is -0.369. The van der Waals surface area contributed by atoms with Crippen LogP contribution in [0.1, 0.15) is 23.7 Å². The molecule has 21 heavy (non-hydrogen) atoms. The molecule has 1 heterocycles. The third kappa shape index (κ3) is 5.78. The summed E-state index contributed by atoms with van der Waals surface area (Å²) in [4.78, 5) is 15.7. The third-order valence-corrected chi connectivity index (χ3v) is 4.64. The van der Waals surface area contributed by atoms with Crippen molar-refractivity contribution in [2.24, 2.45) is 0 Å². The van der Waals surface area contributed by atoms with Crippen LogP contribution in [0.4, 0.5) is 0 Å². The summed E-state index contributed by atoms with van der Waals surface area (Å²) in [5, 5.41) is 3.06. The van der Waals surface area contributed by atoms with Crippen LogP contribution in [-0.4, -0.2) is 49.5 Å². The number of hydrogen-bond acceptors (Lipinski definition) is 4. The fourth-order valence-corrected chi connectivity index (χ4v) is 2.98. The Kier molecular flexibility index (Phi) is 6.86. The molecule has 1 aromatic rings. The topological polar surface area (TPSA) is 79.4 Å². The fourth-order valence-electron chi connectivity index (χ4n) is 1.70. The van der Waals surface area contributed by atoms with Crippen molar-refractivity contribution in [3.05, 3.63) is 28.0 Å². The first-order valence-electron chi connectivity index (χ1n) is 6.30. The summed E-state index contributed by atoms with van der Waals surface area (Å²) in [7, 11) is -3.21. The third-order valence-electron chi connectivity index (χ3n) is 2.76.